The molecule has 0 aliphatic carbocycles. The summed E-state index contributed by atoms with van der Waals surface area (Å²) < 4.78 is 13.1. The van der Waals surface area contributed by atoms with Crippen molar-refractivity contribution >= 4 is 34.2 Å². The molecule has 7 heteroatoms. The summed E-state index contributed by atoms with van der Waals surface area (Å²) in [5.74, 6) is 1.98. The predicted octanol–water partition coefficient (Wildman–Crippen LogP) is 3.41. The number of fused-ring (bicyclic) bond motifs is 2. The van der Waals surface area contributed by atoms with E-state index in [1.54, 1.807) is 24.3 Å². The number of halogens is 1. The topological polar surface area (TPSA) is 65.4 Å². The van der Waals surface area contributed by atoms with Gasteiger partial charge in [-0.1, -0.05) is 11.6 Å². The molecule has 1 aliphatic heterocycles. The van der Waals surface area contributed by atoms with E-state index in [1.807, 2.05) is 23.6 Å². The van der Waals surface area contributed by atoms with Gasteiger partial charge in [-0.25, -0.2) is 4.98 Å². The molecule has 1 amide bonds. The Labute approximate surface area is 149 Å². The van der Waals surface area contributed by atoms with E-state index in [0.29, 0.717) is 35.4 Å². The maximum atomic E-state index is 12.4. The van der Waals surface area contributed by atoms with Crippen molar-refractivity contribution in [3.8, 4) is 11.5 Å². The Hall–Kier alpha value is -2.73. The number of anilines is 1. The zero-order chi connectivity index (χ0) is 17.4. The Morgan fingerprint density at radius 3 is 2.60 bits per heavy atom. The lowest BCUT2D eigenvalue weighted by Gasteiger charge is -2.18. The van der Waals surface area contributed by atoms with Gasteiger partial charge in [-0.05, 0) is 31.2 Å². The summed E-state index contributed by atoms with van der Waals surface area (Å²) in [5.41, 5.74) is 2.32. The van der Waals surface area contributed by atoms with Crippen molar-refractivity contribution in [2.24, 2.45) is 0 Å². The molecule has 1 aromatic heterocycles. The van der Waals surface area contributed by atoms with Gasteiger partial charge in [0.2, 0.25) is 5.91 Å². The highest BCUT2D eigenvalue weighted by atomic mass is 35.5. The van der Waals surface area contributed by atoms with Crippen LogP contribution in [0.3, 0.4) is 0 Å². The third-order valence-corrected chi connectivity index (χ3v) is 4.28. The zero-order valence-corrected chi connectivity index (χ0v) is 14.3. The Balaban J connectivity index is 1.61. The van der Waals surface area contributed by atoms with E-state index in [-0.39, 0.29) is 12.5 Å². The number of imidazole rings is 1. The van der Waals surface area contributed by atoms with Crippen LogP contribution in [-0.2, 0) is 11.3 Å². The van der Waals surface area contributed by atoms with E-state index in [1.165, 1.54) is 0 Å². The van der Waals surface area contributed by atoms with E-state index >= 15 is 0 Å². The van der Waals surface area contributed by atoms with Crippen LogP contribution >= 0.6 is 11.6 Å². The van der Waals surface area contributed by atoms with E-state index in [9.17, 15) is 4.79 Å². The van der Waals surface area contributed by atoms with Crippen LogP contribution in [0.25, 0.3) is 11.0 Å². The minimum Gasteiger partial charge on any atom is -0.486 e. The number of benzene rings is 2. The van der Waals surface area contributed by atoms with Crippen molar-refractivity contribution < 1.29 is 14.3 Å². The maximum Gasteiger partial charge on any atom is 0.244 e. The number of rotatable bonds is 3. The molecule has 0 unspecified atom stereocenters. The largest absolute Gasteiger partial charge is 0.486 e. The third-order valence-electron chi connectivity index (χ3n) is 4.03. The van der Waals surface area contributed by atoms with E-state index in [2.05, 4.69) is 10.3 Å². The smallest absolute Gasteiger partial charge is 0.244 e. The van der Waals surface area contributed by atoms with Crippen LogP contribution in [0.4, 0.5) is 5.69 Å². The summed E-state index contributed by atoms with van der Waals surface area (Å²) in [6.07, 6.45) is 0. The molecule has 2 aromatic carbocycles. The Morgan fingerprint density at radius 1 is 1.20 bits per heavy atom. The van der Waals surface area contributed by atoms with Crippen LogP contribution in [0, 0.1) is 6.92 Å². The van der Waals surface area contributed by atoms with Crippen molar-refractivity contribution in [3.05, 3.63) is 47.2 Å². The number of ether oxygens (including phenoxy) is 2. The molecule has 2 heterocycles. The first-order chi connectivity index (χ1) is 12.1. The predicted molar refractivity (Wildman–Crippen MR) is 95.5 cm³/mol. The molecule has 3 aromatic rings. The van der Waals surface area contributed by atoms with Crippen molar-refractivity contribution in [2.45, 2.75) is 13.5 Å². The minimum atomic E-state index is -0.139. The first kappa shape index (κ1) is 15.8. The van der Waals surface area contributed by atoms with Crippen LogP contribution in [-0.4, -0.2) is 28.7 Å². The first-order valence-electron chi connectivity index (χ1n) is 7.92. The van der Waals surface area contributed by atoms with Gasteiger partial charge in [-0.3, -0.25) is 4.79 Å². The molecule has 4 rings (SSSR count). The first-order valence-corrected chi connectivity index (χ1v) is 8.30. The van der Waals surface area contributed by atoms with Crippen LogP contribution in [0.15, 0.2) is 36.4 Å². The maximum absolute atomic E-state index is 12.4. The van der Waals surface area contributed by atoms with Gasteiger partial charge in [0.05, 0.1) is 11.0 Å². The van der Waals surface area contributed by atoms with Crippen LogP contribution in [0.2, 0.25) is 5.02 Å². The number of amides is 1. The summed E-state index contributed by atoms with van der Waals surface area (Å²) in [6.45, 7) is 3.07. The van der Waals surface area contributed by atoms with Gasteiger partial charge in [0.15, 0.2) is 11.5 Å². The van der Waals surface area contributed by atoms with Crippen molar-refractivity contribution in [1.82, 2.24) is 9.55 Å². The van der Waals surface area contributed by atoms with Gasteiger partial charge in [0.1, 0.15) is 25.6 Å². The quantitative estimate of drug-likeness (QED) is 0.780. The molecule has 0 saturated heterocycles. The van der Waals surface area contributed by atoms with Crippen LogP contribution in [0.5, 0.6) is 11.5 Å². The van der Waals surface area contributed by atoms with Gasteiger partial charge in [0, 0.05) is 22.8 Å². The van der Waals surface area contributed by atoms with Crippen molar-refractivity contribution in [2.75, 3.05) is 18.5 Å². The molecule has 0 radical (unpaired) electrons. The fourth-order valence-corrected chi connectivity index (χ4v) is 2.98. The standard InChI is InChI=1S/C18H16ClN3O3/c1-11-20-14-8-16-17(25-7-6-24-16)9-15(14)22(11)10-18(23)21-13-4-2-12(19)3-5-13/h2-5,8-9H,6-7,10H2,1H3,(H,21,23). The van der Waals surface area contributed by atoms with E-state index in [4.69, 9.17) is 21.1 Å². The Kier molecular flexibility index (Phi) is 3.97. The van der Waals surface area contributed by atoms with Gasteiger partial charge in [-0.15, -0.1) is 0 Å². The fraction of sp³-hybridized carbons (Fsp3) is 0.222. The fourth-order valence-electron chi connectivity index (χ4n) is 2.86. The summed E-state index contributed by atoms with van der Waals surface area (Å²) >= 11 is 5.86. The second-order valence-corrected chi connectivity index (χ2v) is 6.22. The highest BCUT2D eigenvalue weighted by Gasteiger charge is 2.18. The average Bonchev–Trinajstić information content (AvgIpc) is 2.90. The molecule has 0 spiro atoms. The molecule has 1 aliphatic rings. The summed E-state index contributed by atoms with van der Waals surface area (Å²) in [7, 11) is 0. The molecule has 0 bridgehead atoms. The van der Waals surface area contributed by atoms with E-state index < -0.39 is 0 Å². The van der Waals surface area contributed by atoms with Gasteiger partial charge in [-0.2, -0.15) is 0 Å². The molecule has 0 atom stereocenters. The molecule has 25 heavy (non-hydrogen) atoms. The number of aromatic nitrogens is 2. The second kappa shape index (κ2) is 6.29. The van der Waals surface area contributed by atoms with Crippen molar-refractivity contribution in [3.63, 3.8) is 0 Å². The molecule has 0 saturated carbocycles. The van der Waals surface area contributed by atoms with Crippen molar-refractivity contribution in [1.29, 1.82) is 0 Å². The Bertz CT molecular complexity index is 950. The number of hydrogen-bond acceptors (Lipinski definition) is 4. The molecule has 0 fully saturated rings. The van der Waals surface area contributed by atoms with E-state index in [0.717, 1.165) is 16.9 Å². The zero-order valence-electron chi connectivity index (χ0n) is 13.6. The van der Waals surface area contributed by atoms with Gasteiger partial charge in [0.25, 0.3) is 0 Å². The van der Waals surface area contributed by atoms with Crippen LogP contribution < -0.4 is 14.8 Å². The molecular formula is C18H16ClN3O3. The van der Waals surface area contributed by atoms with Gasteiger partial charge < -0.3 is 19.4 Å². The van der Waals surface area contributed by atoms with Gasteiger partial charge >= 0.3 is 0 Å². The average molecular weight is 358 g/mol. The summed E-state index contributed by atoms with van der Waals surface area (Å²) in [4.78, 5) is 16.9. The summed E-state index contributed by atoms with van der Waals surface area (Å²) in [5, 5.41) is 3.49. The second-order valence-electron chi connectivity index (χ2n) is 5.78. The lowest BCUT2D eigenvalue weighted by Crippen LogP contribution is -2.19. The Morgan fingerprint density at radius 2 is 1.88 bits per heavy atom. The number of nitrogens with zero attached hydrogens (tertiary/aromatic N) is 2. The highest BCUT2D eigenvalue weighted by molar-refractivity contribution is 6.30. The molecule has 128 valence electrons. The lowest BCUT2D eigenvalue weighted by atomic mass is 10.2. The third kappa shape index (κ3) is 3.13. The normalized spacial score (nSPS) is 13.0. The SMILES string of the molecule is Cc1nc2cc3c(cc2n1CC(=O)Nc1ccc(Cl)cc1)OCCO3. The molecular weight excluding hydrogens is 342 g/mol. The molecule has 1 N–H and O–H groups in total. The lowest BCUT2D eigenvalue weighted by molar-refractivity contribution is -0.116. The monoisotopic (exact) mass is 357 g/mol. The van der Waals surface area contributed by atoms with Crippen LogP contribution in [0.1, 0.15) is 5.82 Å². The summed E-state index contributed by atoms with van der Waals surface area (Å²) in [6, 6.07) is 10.7. The number of aryl methyl sites for hydroxylation is 1. The number of hydrogen-bond donors (Lipinski definition) is 1. The number of nitrogens with one attached hydrogen (secondary N) is 1. The number of carbonyl (C=O) groups excluding carboxylic acids is 1. The highest BCUT2D eigenvalue weighted by Crippen LogP contribution is 2.34. The molecule has 6 nitrogen and oxygen atoms in total. The minimum absolute atomic E-state index is 0.139. The number of carbonyl (C=O) groups is 1.